The van der Waals surface area contributed by atoms with Gasteiger partial charge in [-0.25, -0.2) is 4.79 Å². The van der Waals surface area contributed by atoms with Crippen LogP contribution in [-0.2, 0) is 4.79 Å². The number of carbonyl (C=O) groups excluding carboxylic acids is 1. The lowest BCUT2D eigenvalue weighted by molar-refractivity contribution is -0.132. The third-order valence-corrected chi connectivity index (χ3v) is 6.69. The van der Waals surface area contributed by atoms with Gasteiger partial charge in [0, 0.05) is 19.0 Å². The standard InChI is InChI=1S/C21H21N3O4S/c1-13(14-6-3-2-4-7-14)24(21(26)27)16-12-28-17-10-15(11-22)29-20(17)19(16)23-9-5-8-18(23)25/h2-4,6-7,10,13,16,19H,5,8-9,12H2,1H3,(H,26,27). The minimum Gasteiger partial charge on any atom is -0.490 e. The Hall–Kier alpha value is -3.05. The maximum absolute atomic E-state index is 12.6. The molecule has 1 fully saturated rings. The maximum Gasteiger partial charge on any atom is 0.408 e. The fourth-order valence-electron chi connectivity index (χ4n) is 4.24. The van der Waals surface area contributed by atoms with E-state index in [0.717, 1.165) is 16.9 Å². The van der Waals surface area contributed by atoms with Crippen LogP contribution in [0, 0.1) is 11.3 Å². The molecule has 1 aromatic carbocycles. The first-order valence-electron chi connectivity index (χ1n) is 9.53. The number of ether oxygens (including phenoxy) is 1. The van der Waals surface area contributed by atoms with Gasteiger partial charge in [0.25, 0.3) is 0 Å². The SMILES string of the molecule is CC(c1ccccc1)N(C(=O)O)C1COc2cc(C#N)sc2C1N1CCCC1=O. The number of hydrogen-bond acceptors (Lipinski definition) is 5. The van der Waals surface area contributed by atoms with Crippen LogP contribution in [0.4, 0.5) is 4.79 Å². The van der Waals surface area contributed by atoms with E-state index in [9.17, 15) is 20.0 Å². The Bertz CT molecular complexity index is 968. The van der Waals surface area contributed by atoms with E-state index < -0.39 is 24.2 Å². The number of carbonyl (C=O) groups is 2. The Morgan fingerprint density at radius 2 is 2.17 bits per heavy atom. The van der Waals surface area contributed by atoms with Crippen molar-refractivity contribution >= 4 is 23.3 Å². The molecular weight excluding hydrogens is 390 g/mol. The lowest BCUT2D eigenvalue weighted by Gasteiger charge is -2.44. The molecule has 0 radical (unpaired) electrons. The first kappa shape index (κ1) is 19.3. The van der Waals surface area contributed by atoms with Gasteiger partial charge in [0.1, 0.15) is 23.3 Å². The highest BCUT2D eigenvalue weighted by Crippen LogP contribution is 2.46. The lowest BCUT2D eigenvalue weighted by Crippen LogP contribution is -2.53. The fourth-order valence-corrected chi connectivity index (χ4v) is 5.31. The number of amides is 2. The Labute approximate surface area is 172 Å². The normalized spacial score (nSPS) is 21.8. The van der Waals surface area contributed by atoms with Gasteiger partial charge in [-0.2, -0.15) is 5.26 Å². The number of fused-ring (bicyclic) bond motifs is 1. The topological polar surface area (TPSA) is 93.9 Å². The van der Waals surface area contributed by atoms with E-state index in [4.69, 9.17) is 4.74 Å². The van der Waals surface area contributed by atoms with Crippen LogP contribution in [0.15, 0.2) is 36.4 Å². The number of thiophene rings is 1. The molecule has 0 saturated carbocycles. The molecule has 2 amide bonds. The van der Waals surface area contributed by atoms with Gasteiger partial charge in [-0.3, -0.25) is 9.69 Å². The van der Waals surface area contributed by atoms with Crippen molar-refractivity contribution in [2.45, 2.75) is 37.9 Å². The third-order valence-electron chi connectivity index (χ3n) is 5.60. The number of carboxylic acid groups (broad SMARTS) is 1. The highest BCUT2D eigenvalue weighted by Gasteiger charge is 2.46. The van der Waals surface area contributed by atoms with Gasteiger partial charge in [-0.05, 0) is 18.9 Å². The Balaban J connectivity index is 1.78. The Kier molecular flexibility index (Phi) is 5.16. The minimum absolute atomic E-state index is 0.0115. The molecule has 2 aromatic rings. The molecule has 1 N–H and O–H groups in total. The summed E-state index contributed by atoms with van der Waals surface area (Å²) in [6, 6.07) is 11.8. The zero-order valence-corrected chi connectivity index (χ0v) is 16.8. The summed E-state index contributed by atoms with van der Waals surface area (Å²) in [5.74, 6) is 0.586. The van der Waals surface area contributed by atoms with Crippen LogP contribution in [0.2, 0.25) is 0 Å². The monoisotopic (exact) mass is 411 g/mol. The molecule has 1 saturated heterocycles. The first-order valence-corrected chi connectivity index (χ1v) is 10.3. The molecule has 3 heterocycles. The van der Waals surface area contributed by atoms with Crippen LogP contribution in [0.25, 0.3) is 0 Å². The van der Waals surface area contributed by atoms with Crippen LogP contribution >= 0.6 is 11.3 Å². The van der Waals surface area contributed by atoms with E-state index in [1.54, 1.807) is 11.0 Å². The van der Waals surface area contributed by atoms with E-state index in [1.165, 1.54) is 16.2 Å². The Morgan fingerprint density at radius 3 is 2.79 bits per heavy atom. The van der Waals surface area contributed by atoms with E-state index in [-0.39, 0.29) is 12.5 Å². The highest BCUT2D eigenvalue weighted by atomic mass is 32.1. The predicted molar refractivity (Wildman–Crippen MR) is 107 cm³/mol. The molecule has 3 unspecified atom stereocenters. The van der Waals surface area contributed by atoms with Gasteiger partial charge in [0.15, 0.2) is 0 Å². The van der Waals surface area contributed by atoms with Gasteiger partial charge in [0.05, 0.1) is 23.0 Å². The highest BCUT2D eigenvalue weighted by molar-refractivity contribution is 7.13. The summed E-state index contributed by atoms with van der Waals surface area (Å²) in [5.41, 5.74) is 0.871. The number of nitriles is 1. The van der Waals surface area contributed by atoms with Crippen molar-refractivity contribution in [3.63, 3.8) is 0 Å². The largest absolute Gasteiger partial charge is 0.490 e. The van der Waals surface area contributed by atoms with Crippen LogP contribution in [0.5, 0.6) is 5.75 Å². The average Bonchev–Trinajstić information content (AvgIpc) is 3.34. The molecule has 2 aliphatic rings. The van der Waals surface area contributed by atoms with Crippen LogP contribution < -0.4 is 4.74 Å². The molecule has 0 spiro atoms. The molecule has 29 heavy (non-hydrogen) atoms. The van der Waals surface area contributed by atoms with Crippen molar-refractivity contribution in [1.29, 1.82) is 5.26 Å². The van der Waals surface area contributed by atoms with Crippen molar-refractivity contribution in [2.24, 2.45) is 0 Å². The summed E-state index contributed by atoms with van der Waals surface area (Å²) in [7, 11) is 0. The molecular formula is C21H21N3O4S. The van der Waals surface area contributed by atoms with E-state index in [0.29, 0.717) is 23.6 Å². The van der Waals surface area contributed by atoms with Gasteiger partial charge in [0.2, 0.25) is 5.91 Å². The van der Waals surface area contributed by atoms with Crippen LogP contribution in [-0.4, -0.2) is 46.1 Å². The summed E-state index contributed by atoms with van der Waals surface area (Å²) in [4.78, 5) is 29.3. The number of rotatable bonds is 4. The molecule has 4 rings (SSSR count). The number of benzene rings is 1. The van der Waals surface area contributed by atoms with Gasteiger partial charge in [-0.1, -0.05) is 30.3 Å². The molecule has 0 bridgehead atoms. The van der Waals surface area contributed by atoms with Gasteiger partial charge < -0.3 is 14.7 Å². The predicted octanol–water partition coefficient (Wildman–Crippen LogP) is 3.79. The summed E-state index contributed by atoms with van der Waals surface area (Å²) >= 11 is 1.27. The second-order valence-corrected chi connectivity index (χ2v) is 8.33. The Morgan fingerprint density at radius 1 is 1.41 bits per heavy atom. The lowest BCUT2D eigenvalue weighted by atomic mass is 9.97. The van der Waals surface area contributed by atoms with Crippen molar-refractivity contribution in [2.75, 3.05) is 13.2 Å². The number of nitrogens with zero attached hydrogens (tertiary/aromatic N) is 3. The number of likely N-dealkylation sites (tertiary alicyclic amines) is 1. The van der Waals surface area contributed by atoms with E-state index in [2.05, 4.69) is 6.07 Å². The molecule has 2 aliphatic heterocycles. The van der Waals surface area contributed by atoms with Crippen molar-refractivity contribution in [1.82, 2.24) is 9.80 Å². The summed E-state index contributed by atoms with van der Waals surface area (Å²) in [5, 5.41) is 19.4. The zero-order chi connectivity index (χ0) is 20.5. The molecule has 3 atom stereocenters. The fraction of sp³-hybridized carbons (Fsp3) is 0.381. The van der Waals surface area contributed by atoms with Gasteiger partial charge in [-0.15, -0.1) is 11.3 Å². The third kappa shape index (κ3) is 3.42. The smallest absolute Gasteiger partial charge is 0.408 e. The minimum atomic E-state index is -1.06. The second kappa shape index (κ2) is 7.76. The maximum atomic E-state index is 12.6. The zero-order valence-electron chi connectivity index (χ0n) is 15.9. The molecule has 7 nitrogen and oxygen atoms in total. The molecule has 150 valence electrons. The number of hydrogen-bond donors (Lipinski definition) is 1. The van der Waals surface area contributed by atoms with Crippen LogP contribution in [0.3, 0.4) is 0 Å². The molecule has 8 heteroatoms. The van der Waals surface area contributed by atoms with Gasteiger partial charge >= 0.3 is 6.09 Å². The quantitative estimate of drug-likeness (QED) is 0.826. The molecule has 0 aliphatic carbocycles. The van der Waals surface area contributed by atoms with Crippen LogP contribution in [0.1, 0.15) is 47.2 Å². The van der Waals surface area contributed by atoms with Crippen molar-refractivity contribution in [3.8, 4) is 11.8 Å². The summed E-state index contributed by atoms with van der Waals surface area (Å²) in [6.45, 7) is 2.55. The summed E-state index contributed by atoms with van der Waals surface area (Å²) in [6.07, 6.45) is 0.139. The van der Waals surface area contributed by atoms with E-state index in [1.807, 2.05) is 37.3 Å². The first-order chi connectivity index (χ1) is 14.0. The molecule has 1 aromatic heterocycles. The summed E-state index contributed by atoms with van der Waals surface area (Å²) < 4.78 is 5.88. The second-order valence-electron chi connectivity index (χ2n) is 7.24. The van der Waals surface area contributed by atoms with Crippen molar-refractivity contribution in [3.05, 3.63) is 51.7 Å². The van der Waals surface area contributed by atoms with Crippen molar-refractivity contribution < 1.29 is 19.4 Å². The van der Waals surface area contributed by atoms with E-state index >= 15 is 0 Å². The average molecular weight is 411 g/mol.